The Morgan fingerprint density at radius 1 is 1.15 bits per heavy atom. The first-order valence-corrected chi connectivity index (χ1v) is 11.6. The molecule has 3 aromatic heterocycles. The molecule has 34 heavy (non-hydrogen) atoms. The molecular weight excluding hydrogens is 458 g/mol. The summed E-state index contributed by atoms with van der Waals surface area (Å²) in [6.45, 7) is 1.61. The average Bonchev–Trinajstić information content (AvgIpc) is 3.61. The van der Waals surface area contributed by atoms with Crippen LogP contribution in [0.25, 0.3) is 21.8 Å². The molecule has 5 rings (SSSR count). The highest BCUT2D eigenvalue weighted by Crippen LogP contribution is 2.35. The molecule has 0 bridgehead atoms. The van der Waals surface area contributed by atoms with Gasteiger partial charge in [-0.2, -0.15) is 4.98 Å². The number of rotatable bonds is 7. The molecule has 0 saturated carbocycles. The Balaban J connectivity index is 1.50. The van der Waals surface area contributed by atoms with Crippen molar-refractivity contribution < 1.29 is 18.7 Å². The van der Waals surface area contributed by atoms with Crippen LogP contribution in [0, 0.1) is 0 Å². The molecule has 0 spiro atoms. The summed E-state index contributed by atoms with van der Waals surface area (Å²) in [5.41, 5.74) is 0.899. The number of thiazole rings is 1. The molecule has 11 heteroatoms. The van der Waals surface area contributed by atoms with Crippen LogP contribution in [0.5, 0.6) is 11.5 Å². The topological polar surface area (TPSA) is 112 Å². The zero-order valence-corrected chi connectivity index (χ0v) is 19.6. The Morgan fingerprint density at radius 3 is 2.65 bits per heavy atom. The summed E-state index contributed by atoms with van der Waals surface area (Å²) in [5, 5.41) is 3.61. The first-order chi connectivity index (χ1) is 16.6. The zero-order chi connectivity index (χ0) is 23.7. The average molecular weight is 482 g/mol. The van der Waals surface area contributed by atoms with Crippen molar-refractivity contribution in [3.05, 3.63) is 47.1 Å². The maximum atomic E-state index is 13.0. The van der Waals surface area contributed by atoms with E-state index >= 15 is 0 Å². The van der Waals surface area contributed by atoms with Gasteiger partial charge in [-0.3, -0.25) is 9.36 Å². The van der Waals surface area contributed by atoms with Gasteiger partial charge in [-0.15, -0.1) is 0 Å². The lowest BCUT2D eigenvalue weighted by molar-refractivity contribution is -0.116. The lowest BCUT2D eigenvalue weighted by Gasteiger charge is -2.12. The molecule has 0 aliphatic carbocycles. The zero-order valence-electron chi connectivity index (χ0n) is 18.7. The number of carbonyl (C=O) groups is 1. The van der Waals surface area contributed by atoms with Crippen LogP contribution in [0.15, 0.2) is 45.8 Å². The van der Waals surface area contributed by atoms with Crippen molar-refractivity contribution in [3.63, 3.8) is 0 Å². The van der Waals surface area contributed by atoms with Gasteiger partial charge in [0, 0.05) is 24.8 Å². The van der Waals surface area contributed by atoms with Crippen molar-refractivity contribution >= 4 is 38.4 Å². The number of amides is 1. The molecule has 1 N–H and O–H groups in total. The van der Waals surface area contributed by atoms with Crippen LogP contribution < -0.4 is 25.4 Å². The summed E-state index contributed by atoms with van der Waals surface area (Å²) in [4.78, 5) is 37.7. The quantitative estimate of drug-likeness (QED) is 0.428. The first kappa shape index (κ1) is 22.0. The second-order valence-corrected chi connectivity index (χ2v) is 8.72. The maximum absolute atomic E-state index is 13.0. The van der Waals surface area contributed by atoms with Crippen molar-refractivity contribution in [3.8, 4) is 23.0 Å². The van der Waals surface area contributed by atoms with Gasteiger partial charge in [-0.25, -0.2) is 9.78 Å². The Bertz CT molecular complexity index is 1390. The molecule has 1 aliphatic rings. The molecule has 1 amide bonds. The molecular formula is C23H23N5O5S. The van der Waals surface area contributed by atoms with E-state index in [1.165, 1.54) is 29.3 Å². The number of fused-ring (bicyclic) bond motifs is 1. The number of nitrogens with one attached hydrogen (secondary N) is 1. The van der Waals surface area contributed by atoms with Gasteiger partial charge < -0.3 is 24.1 Å². The predicted octanol–water partition coefficient (Wildman–Crippen LogP) is 3.37. The number of nitrogens with zero attached hydrogens (tertiary/aromatic N) is 4. The molecule has 4 aromatic rings. The predicted molar refractivity (Wildman–Crippen MR) is 129 cm³/mol. The number of carbonyl (C=O) groups excluding carboxylic acids is 1. The number of anilines is 2. The van der Waals surface area contributed by atoms with Crippen LogP contribution in [0.2, 0.25) is 0 Å². The molecule has 4 heterocycles. The second kappa shape index (κ2) is 9.18. The summed E-state index contributed by atoms with van der Waals surface area (Å²) in [5.74, 6) is 1.12. The lowest BCUT2D eigenvalue weighted by atomic mass is 10.2. The number of ether oxygens (including phenoxy) is 2. The smallest absolute Gasteiger partial charge is 0.349 e. The van der Waals surface area contributed by atoms with E-state index in [9.17, 15) is 9.59 Å². The number of hydrogen-bond acceptors (Lipinski definition) is 9. The van der Waals surface area contributed by atoms with Crippen LogP contribution in [-0.4, -0.2) is 47.8 Å². The van der Waals surface area contributed by atoms with Crippen molar-refractivity contribution in [1.82, 2.24) is 14.5 Å². The van der Waals surface area contributed by atoms with Crippen molar-refractivity contribution in [1.29, 1.82) is 0 Å². The van der Waals surface area contributed by atoms with Crippen molar-refractivity contribution in [2.24, 2.45) is 0 Å². The Kier molecular flexibility index (Phi) is 5.93. The molecule has 0 atom stereocenters. The van der Waals surface area contributed by atoms with Gasteiger partial charge in [0.25, 0.3) is 0 Å². The number of aromatic nitrogens is 3. The minimum atomic E-state index is -0.544. The normalized spacial score (nSPS) is 13.4. The molecule has 0 unspecified atom stereocenters. The first-order valence-electron chi connectivity index (χ1n) is 10.8. The van der Waals surface area contributed by atoms with Gasteiger partial charge in [-0.1, -0.05) is 11.3 Å². The number of methoxy groups -OCH3 is 2. The third kappa shape index (κ3) is 4.10. The number of hydrogen-bond donors (Lipinski definition) is 1. The lowest BCUT2D eigenvalue weighted by Crippen LogP contribution is -2.29. The van der Waals surface area contributed by atoms with Crippen molar-refractivity contribution in [2.45, 2.75) is 19.4 Å². The monoisotopic (exact) mass is 481 g/mol. The molecule has 10 nitrogen and oxygen atoms in total. The molecule has 176 valence electrons. The largest absolute Gasteiger partial charge is 0.493 e. The van der Waals surface area contributed by atoms with E-state index in [2.05, 4.69) is 15.2 Å². The molecule has 0 radical (unpaired) electrons. The highest BCUT2D eigenvalue weighted by Gasteiger charge is 2.23. The van der Waals surface area contributed by atoms with E-state index in [-0.39, 0.29) is 12.5 Å². The van der Waals surface area contributed by atoms with E-state index in [1.54, 1.807) is 37.4 Å². The van der Waals surface area contributed by atoms with Gasteiger partial charge in [0.05, 0.1) is 20.5 Å². The van der Waals surface area contributed by atoms with E-state index in [0.717, 1.165) is 31.1 Å². The summed E-state index contributed by atoms with van der Waals surface area (Å²) < 4.78 is 17.4. The molecule has 1 saturated heterocycles. The highest BCUT2D eigenvalue weighted by atomic mass is 32.1. The van der Waals surface area contributed by atoms with Crippen molar-refractivity contribution in [2.75, 3.05) is 37.5 Å². The highest BCUT2D eigenvalue weighted by molar-refractivity contribution is 7.22. The third-order valence-electron chi connectivity index (χ3n) is 5.61. The summed E-state index contributed by atoms with van der Waals surface area (Å²) in [7, 11) is 3.06. The fourth-order valence-corrected chi connectivity index (χ4v) is 5.07. The Labute approximate surface area is 198 Å². The summed E-state index contributed by atoms with van der Waals surface area (Å²) in [6.07, 6.45) is 3.72. The fourth-order valence-electron chi connectivity index (χ4n) is 3.96. The van der Waals surface area contributed by atoms with Crippen LogP contribution in [0.4, 0.5) is 10.8 Å². The van der Waals surface area contributed by atoms with Crippen LogP contribution in [-0.2, 0) is 11.3 Å². The van der Waals surface area contributed by atoms with Gasteiger partial charge in [0.2, 0.25) is 5.91 Å². The van der Waals surface area contributed by atoms with Crippen LogP contribution in [0.1, 0.15) is 12.8 Å². The Morgan fingerprint density at radius 2 is 1.94 bits per heavy atom. The SMILES string of the molecule is COc1ccc(NC(=O)Cn2c(=O)nc(-c3ccco3)c3nc(N4CCCC4)sc32)cc1OC. The van der Waals surface area contributed by atoms with Gasteiger partial charge in [0.1, 0.15) is 22.6 Å². The minimum Gasteiger partial charge on any atom is -0.493 e. The molecule has 1 aromatic carbocycles. The maximum Gasteiger partial charge on any atom is 0.349 e. The number of furan rings is 1. The van der Waals surface area contributed by atoms with Crippen LogP contribution >= 0.6 is 11.3 Å². The van der Waals surface area contributed by atoms with E-state index in [4.69, 9.17) is 18.9 Å². The minimum absolute atomic E-state index is 0.212. The molecule has 1 fully saturated rings. The van der Waals surface area contributed by atoms with Crippen LogP contribution in [0.3, 0.4) is 0 Å². The van der Waals surface area contributed by atoms with Gasteiger partial charge in [-0.05, 0) is 37.1 Å². The van der Waals surface area contributed by atoms with E-state index < -0.39 is 5.69 Å². The van der Waals surface area contributed by atoms with E-state index in [1.807, 2.05) is 0 Å². The third-order valence-corrected chi connectivity index (χ3v) is 6.75. The fraction of sp³-hybridized carbons (Fsp3) is 0.304. The summed E-state index contributed by atoms with van der Waals surface area (Å²) in [6, 6.07) is 8.53. The summed E-state index contributed by atoms with van der Waals surface area (Å²) >= 11 is 1.39. The standard InChI is InChI=1S/C23H23N5O5S/c1-31-15-8-7-14(12-17(15)32-2)24-18(29)13-28-21-20(26-23(34-21)27-9-3-4-10-27)19(25-22(28)30)16-6-5-11-33-16/h5-8,11-12H,3-4,9-10,13H2,1-2H3,(H,24,29). The van der Waals surface area contributed by atoms with E-state index in [0.29, 0.717) is 39.0 Å². The van der Waals surface area contributed by atoms with Gasteiger partial charge >= 0.3 is 5.69 Å². The second-order valence-electron chi connectivity index (χ2n) is 7.77. The number of benzene rings is 1. The Hall–Kier alpha value is -3.86. The van der Waals surface area contributed by atoms with Gasteiger partial charge in [0.15, 0.2) is 22.4 Å². The molecule has 1 aliphatic heterocycles.